The van der Waals surface area contributed by atoms with Crippen LogP contribution in [-0.2, 0) is 0 Å². The molecule has 0 aromatic heterocycles. The SMILES string of the molecule is O=C(N/N=C\c1c(F)cccc1F)c1ccc(Br)cc1. The summed E-state index contributed by atoms with van der Waals surface area (Å²) in [5, 5.41) is 3.55. The van der Waals surface area contributed by atoms with Gasteiger partial charge in [0.25, 0.3) is 5.91 Å². The minimum Gasteiger partial charge on any atom is -0.267 e. The van der Waals surface area contributed by atoms with Gasteiger partial charge in [0.2, 0.25) is 0 Å². The van der Waals surface area contributed by atoms with Crippen LogP contribution in [0.1, 0.15) is 15.9 Å². The highest BCUT2D eigenvalue weighted by Gasteiger charge is 2.06. The molecule has 3 nitrogen and oxygen atoms in total. The van der Waals surface area contributed by atoms with Crippen molar-refractivity contribution in [2.45, 2.75) is 0 Å². The largest absolute Gasteiger partial charge is 0.271 e. The lowest BCUT2D eigenvalue weighted by Crippen LogP contribution is -2.17. The Balaban J connectivity index is 2.06. The molecule has 6 heteroatoms. The third-order valence-corrected chi connectivity index (χ3v) is 2.99. The molecule has 0 saturated carbocycles. The predicted octanol–water partition coefficient (Wildman–Crippen LogP) is 3.49. The van der Waals surface area contributed by atoms with E-state index in [0.717, 1.165) is 22.8 Å². The van der Waals surface area contributed by atoms with Crippen molar-refractivity contribution in [1.82, 2.24) is 5.43 Å². The monoisotopic (exact) mass is 338 g/mol. The summed E-state index contributed by atoms with van der Waals surface area (Å²) < 4.78 is 27.4. The number of carbonyl (C=O) groups is 1. The lowest BCUT2D eigenvalue weighted by atomic mass is 10.2. The molecule has 20 heavy (non-hydrogen) atoms. The van der Waals surface area contributed by atoms with Crippen LogP contribution in [0.25, 0.3) is 0 Å². The van der Waals surface area contributed by atoms with Gasteiger partial charge in [0, 0.05) is 10.0 Å². The van der Waals surface area contributed by atoms with Crippen molar-refractivity contribution < 1.29 is 13.6 Å². The summed E-state index contributed by atoms with van der Waals surface area (Å²) in [6, 6.07) is 10.1. The second-order valence-corrected chi connectivity index (χ2v) is 4.76. The minimum absolute atomic E-state index is 0.302. The number of hydrazone groups is 1. The first-order valence-electron chi connectivity index (χ1n) is 5.61. The molecule has 2 aromatic rings. The normalized spacial score (nSPS) is 10.8. The van der Waals surface area contributed by atoms with Gasteiger partial charge in [0.05, 0.1) is 11.8 Å². The highest BCUT2D eigenvalue weighted by molar-refractivity contribution is 9.10. The fourth-order valence-electron chi connectivity index (χ4n) is 1.46. The summed E-state index contributed by atoms with van der Waals surface area (Å²) in [7, 11) is 0. The Morgan fingerprint density at radius 3 is 2.30 bits per heavy atom. The Hall–Kier alpha value is -2.08. The summed E-state index contributed by atoms with van der Waals surface area (Å²) in [6.07, 6.45) is 0.932. The fourth-order valence-corrected chi connectivity index (χ4v) is 1.72. The summed E-state index contributed by atoms with van der Waals surface area (Å²) in [5.74, 6) is -1.95. The first-order chi connectivity index (χ1) is 9.58. The van der Waals surface area contributed by atoms with Crippen molar-refractivity contribution >= 4 is 28.1 Å². The van der Waals surface area contributed by atoms with E-state index in [1.54, 1.807) is 24.3 Å². The molecule has 0 aliphatic rings. The van der Waals surface area contributed by atoms with Crippen LogP contribution in [0.4, 0.5) is 8.78 Å². The quantitative estimate of drug-likeness (QED) is 0.675. The van der Waals surface area contributed by atoms with Crippen molar-refractivity contribution in [1.29, 1.82) is 0 Å². The van der Waals surface area contributed by atoms with Crippen LogP contribution >= 0.6 is 15.9 Å². The van der Waals surface area contributed by atoms with Gasteiger partial charge in [0.15, 0.2) is 0 Å². The number of halogens is 3. The van der Waals surface area contributed by atoms with E-state index in [1.165, 1.54) is 6.07 Å². The molecule has 0 bridgehead atoms. The number of nitrogens with zero attached hydrogens (tertiary/aromatic N) is 1. The van der Waals surface area contributed by atoms with E-state index < -0.39 is 17.5 Å². The van der Waals surface area contributed by atoms with Crippen LogP contribution in [0.15, 0.2) is 52.0 Å². The van der Waals surface area contributed by atoms with Crippen LogP contribution in [0.2, 0.25) is 0 Å². The second kappa shape index (κ2) is 6.38. The van der Waals surface area contributed by atoms with E-state index in [0.29, 0.717) is 5.56 Å². The zero-order chi connectivity index (χ0) is 14.5. The highest BCUT2D eigenvalue weighted by Crippen LogP contribution is 2.11. The van der Waals surface area contributed by atoms with Crippen LogP contribution in [-0.4, -0.2) is 12.1 Å². The smallest absolute Gasteiger partial charge is 0.267 e. The number of carbonyl (C=O) groups excluding carboxylic acids is 1. The maximum atomic E-state index is 13.3. The zero-order valence-corrected chi connectivity index (χ0v) is 11.7. The zero-order valence-electron chi connectivity index (χ0n) is 10.1. The van der Waals surface area contributed by atoms with E-state index in [1.807, 2.05) is 0 Å². The number of hydrogen-bond acceptors (Lipinski definition) is 2. The summed E-state index contributed by atoms with van der Waals surface area (Å²) in [5.41, 5.74) is 2.29. The lowest BCUT2D eigenvalue weighted by molar-refractivity contribution is 0.0955. The molecule has 0 unspecified atom stereocenters. The van der Waals surface area contributed by atoms with Crippen LogP contribution in [0.5, 0.6) is 0 Å². The van der Waals surface area contributed by atoms with Crippen LogP contribution < -0.4 is 5.43 Å². The molecular weight excluding hydrogens is 330 g/mol. The van der Waals surface area contributed by atoms with E-state index in [-0.39, 0.29) is 5.56 Å². The molecule has 0 aliphatic carbocycles. The topological polar surface area (TPSA) is 41.5 Å². The number of hydrogen-bond donors (Lipinski definition) is 1. The van der Waals surface area contributed by atoms with E-state index >= 15 is 0 Å². The van der Waals surface area contributed by atoms with Crippen LogP contribution in [0, 0.1) is 11.6 Å². The summed E-state index contributed by atoms with van der Waals surface area (Å²) in [6.45, 7) is 0. The maximum absolute atomic E-state index is 13.3. The Morgan fingerprint density at radius 1 is 1.10 bits per heavy atom. The molecule has 2 rings (SSSR count). The fraction of sp³-hybridized carbons (Fsp3) is 0. The molecule has 0 saturated heterocycles. The Morgan fingerprint density at radius 2 is 1.70 bits per heavy atom. The van der Waals surface area contributed by atoms with Crippen molar-refractivity contribution in [3.8, 4) is 0 Å². The predicted molar refractivity (Wildman–Crippen MR) is 75.6 cm³/mol. The van der Waals surface area contributed by atoms with E-state index in [9.17, 15) is 13.6 Å². The number of benzene rings is 2. The van der Waals surface area contributed by atoms with Crippen molar-refractivity contribution in [3.63, 3.8) is 0 Å². The van der Waals surface area contributed by atoms with Gasteiger partial charge in [-0.15, -0.1) is 0 Å². The minimum atomic E-state index is -0.744. The van der Waals surface area contributed by atoms with E-state index in [2.05, 4.69) is 26.5 Å². The maximum Gasteiger partial charge on any atom is 0.271 e. The molecule has 0 atom stereocenters. The molecular formula is C14H9BrF2N2O. The molecule has 1 amide bonds. The Labute approximate surface area is 122 Å². The summed E-state index contributed by atoms with van der Waals surface area (Å²) in [4.78, 5) is 11.7. The molecule has 102 valence electrons. The van der Waals surface area contributed by atoms with Gasteiger partial charge in [-0.2, -0.15) is 5.10 Å². The third-order valence-electron chi connectivity index (χ3n) is 2.47. The number of rotatable bonds is 3. The average molecular weight is 339 g/mol. The molecule has 1 N–H and O–H groups in total. The van der Waals surface area contributed by atoms with Gasteiger partial charge in [-0.1, -0.05) is 22.0 Å². The number of nitrogens with one attached hydrogen (secondary N) is 1. The Bertz CT molecular complexity index is 636. The van der Waals surface area contributed by atoms with Gasteiger partial charge < -0.3 is 0 Å². The standard InChI is InChI=1S/C14H9BrF2N2O/c15-10-6-4-9(5-7-10)14(20)19-18-8-11-12(16)2-1-3-13(11)17/h1-8H,(H,19,20)/b18-8-. The summed E-state index contributed by atoms with van der Waals surface area (Å²) >= 11 is 3.25. The van der Waals surface area contributed by atoms with Gasteiger partial charge in [0.1, 0.15) is 11.6 Å². The van der Waals surface area contributed by atoms with Crippen molar-refractivity contribution in [3.05, 3.63) is 69.7 Å². The van der Waals surface area contributed by atoms with Gasteiger partial charge in [-0.05, 0) is 36.4 Å². The lowest BCUT2D eigenvalue weighted by Gasteiger charge is -2.01. The molecule has 0 radical (unpaired) electrons. The number of amides is 1. The molecule has 0 heterocycles. The molecule has 0 aliphatic heterocycles. The second-order valence-electron chi connectivity index (χ2n) is 3.84. The third kappa shape index (κ3) is 3.48. The van der Waals surface area contributed by atoms with Gasteiger partial charge in [-0.3, -0.25) is 4.79 Å². The molecule has 0 fully saturated rings. The van der Waals surface area contributed by atoms with Crippen molar-refractivity contribution in [2.75, 3.05) is 0 Å². The van der Waals surface area contributed by atoms with Crippen molar-refractivity contribution in [2.24, 2.45) is 5.10 Å². The van der Waals surface area contributed by atoms with Crippen LogP contribution in [0.3, 0.4) is 0 Å². The van der Waals surface area contributed by atoms with Gasteiger partial charge in [-0.25, -0.2) is 14.2 Å². The average Bonchev–Trinajstić information content (AvgIpc) is 2.42. The van der Waals surface area contributed by atoms with E-state index in [4.69, 9.17) is 0 Å². The first kappa shape index (κ1) is 14.3. The first-order valence-corrected chi connectivity index (χ1v) is 6.40. The molecule has 0 spiro atoms. The highest BCUT2D eigenvalue weighted by atomic mass is 79.9. The Kier molecular flexibility index (Phi) is 4.57. The van der Waals surface area contributed by atoms with Gasteiger partial charge >= 0.3 is 0 Å². The molecule has 2 aromatic carbocycles.